The minimum atomic E-state index is -0.254. The predicted octanol–water partition coefficient (Wildman–Crippen LogP) is 2.51. The number of anilines is 1. The topological polar surface area (TPSA) is 110 Å². The lowest BCUT2D eigenvalue weighted by atomic mass is 10.2. The largest absolute Gasteiger partial charge is 0.395 e. The second-order valence-corrected chi connectivity index (χ2v) is 5.18. The molecule has 7 nitrogen and oxygen atoms in total. The standard InChI is InChI=1S/C18H14N6O/c19-11-15(12-20)23-22-14-6-7-17-16(10-14)21-18(24(17)8-9-25)13-4-2-1-3-5-13/h1-7,10,22,25H,8-9H2. The van der Waals surface area contributed by atoms with Gasteiger partial charge in [-0.1, -0.05) is 30.3 Å². The number of benzene rings is 2. The van der Waals surface area contributed by atoms with Gasteiger partial charge in [-0.15, -0.1) is 0 Å². The third-order valence-corrected chi connectivity index (χ3v) is 3.61. The summed E-state index contributed by atoms with van der Waals surface area (Å²) in [6.07, 6.45) is 0. The Morgan fingerprint density at radius 3 is 2.60 bits per heavy atom. The van der Waals surface area contributed by atoms with Gasteiger partial charge in [0.15, 0.2) is 0 Å². The Balaban J connectivity index is 2.05. The lowest BCUT2D eigenvalue weighted by Gasteiger charge is -2.07. The second kappa shape index (κ2) is 7.26. The van der Waals surface area contributed by atoms with Gasteiger partial charge in [-0.05, 0) is 18.2 Å². The van der Waals surface area contributed by atoms with Crippen LogP contribution in [-0.4, -0.2) is 27.0 Å². The van der Waals surface area contributed by atoms with Crippen LogP contribution in [0.15, 0.2) is 53.6 Å². The fourth-order valence-electron chi connectivity index (χ4n) is 2.53. The van der Waals surface area contributed by atoms with Gasteiger partial charge in [0.1, 0.15) is 18.0 Å². The third-order valence-electron chi connectivity index (χ3n) is 3.61. The molecule has 0 spiro atoms. The van der Waals surface area contributed by atoms with Crippen LogP contribution in [0.25, 0.3) is 22.4 Å². The number of nitriles is 2. The third kappa shape index (κ3) is 3.32. The summed E-state index contributed by atoms with van der Waals surface area (Å²) < 4.78 is 1.95. The van der Waals surface area contributed by atoms with E-state index in [1.165, 1.54) is 0 Å². The van der Waals surface area contributed by atoms with Crippen LogP contribution in [0.4, 0.5) is 5.69 Å². The van der Waals surface area contributed by atoms with Crippen molar-refractivity contribution in [3.63, 3.8) is 0 Å². The quantitative estimate of drug-likeness (QED) is 0.551. The summed E-state index contributed by atoms with van der Waals surface area (Å²) in [7, 11) is 0. The number of nitrogens with one attached hydrogen (secondary N) is 1. The van der Waals surface area contributed by atoms with Crippen molar-refractivity contribution in [2.45, 2.75) is 6.54 Å². The van der Waals surface area contributed by atoms with Crippen molar-refractivity contribution < 1.29 is 5.11 Å². The van der Waals surface area contributed by atoms with E-state index in [9.17, 15) is 5.11 Å². The number of rotatable bonds is 5. The molecule has 0 bridgehead atoms. The van der Waals surface area contributed by atoms with Crippen molar-refractivity contribution in [2.75, 3.05) is 12.0 Å². The molecule has 0 saturated carbocycles. The van der Waals surface area contributed by atoms with Crippen molar-refractivity contribution >= 4 is 22.4 Å². The lowest BCUT2D eigenvalue weighted by molar-refractivity contribution is 0.278. The van der Waals surface area contributed by atoms with Crippen LogP contribution in [-0.2, 0) is 6.54 Å². The molecule has 0 radical (unpaired) electrons. The summed E-state index contributed by atoms with van der Waals surface area (Å²) in [5.74, 6) is 0.764. The molecular formula is C18H14N6O. The number of nitrogens with zero attached hydrogens (tertiary/aromatic N) is 5. The average Bonchev–Trinajstić information content (AvgIpc) is 3.01. The molecule has 0 amide bonds. The first-order chi connectivity index (χ1) is 12.3. The number of hydrazone groups is 1. The fourth-order valence-corrected chi connectivity index (χ4v) is 2.53. The SMILES string of the molecule is N#CC(C#N)=NNc1ccc2c(c1)nc(-c1ccccc1)n2CCO. The predicted molar refractivity (Wildman–Crippen MR) is 94.5 cm³/mol. The van der Waals surface area contributed by atoms with Gasteiger partial charge in [0.2, 0.25) is 5.71 Å². The molecule has 0 aliphatic carbocycles. The molecule has 0 aliphatic rings. The van der Waals surface area contributed by atoms with Gasteiger partial charge >= 0.3 is 0 Å². The van der Waals surface area contributed by atoms with E-state index in [2.05, 4.69) is 15.5 Å². The molecule has 1 aromatic heterocycles. The summed E-state index contributed by atoms with van der Waals surface area (Å²) in [6.45, 7) is 0.432. The van der Waals surface area contributed by atoms with Gasteiger partial charge < -0.3 is 9.67 Å². The second-order valence-electron chi connectivity index (χ2n) is 5.18. The zero-order chi connectivity index (χ0) is 17.6. The summed E-state index contributed by atoms with van der Waals surface area (Å²) in [5, 5.41) is 30.6. The highest BCUT2D eigenvalue weighted by atomic mass is 16.3. The van der Waals surface area contributed by atoms with Gasteiger partial charge in [-0.2, -0.15) is 15.6 Å². The van der Waals surface area contributed by atoms with E-state index in [0.29, 0.717) is 12.2 Å². The molecule has 0 fully saturated rings. The van der Waals surface area contributed by atoms with Gasteiger partial charge in [-0.3, -0.25) is 5.43 Å². The number of aromatic nitrogens is 2. The molecule has 0 saturated heterocycles. The Bertz CT molecular complexity index is 992. The smallest absolute Gasteiger partial charge is 0.237 e. The number of hydrogen-bond donors (Lipinski definition) is 2. The van der Waals surface area contributed by atoms with E-state index in [1.807, 2.05) is 41.0 Å². The highest BCUT2D eigenvalue weighted by molar-refractivity contribution is 6.10. The molecule has 3 rings (SSSR count). The molecule has 0 unspecified atom stereocenters. The van der Waals surface area contributed by atoms with Gasteiger partial charge in [0.25, 0.3) is 0 Å². The molecule has 3 aromatic rings. The first kappa shape index (κ1) is 16.2. The fraction of sp³-hybridized carbons (Fsp3) is 0.111. The average molecular weight is 330 g/mol. The van der Waals surface area contributed by atoms with E-state index in [0.717, 1.165) is 22.4 Å². The van der Waals surface area contributed by atoms with E-state index in [-0.39, 0.29) is 12.3 Å². The van der Waals surface area contributed by atoms with E-state index in [1.54, 1.807) is 24.3 Å². The molecule has 2 N–H and O–H groups in total. The minimum Gasteiger partial charge on any atom is -0.395 e. The Kier molecular flexibility index (Phi) is 4.70. The highest BCUT2D eigenvalue weighted by Gasteiger charge is 2.12. The normalized spacial score (nSPS) is 10.0. The van der Waals surface area contributed by atoms with Crippen LogP contribution in [0.5, 0.6) is 0 Å². The van der Waals surface area contributed by atoms with Crippen LogP contribution in [0, 0.1) is 22.7 Å². The van der Waals surface area contributed by atoms with Crippen LogP contribution >= 0.6 is 0 Å². The first-order valence-corrected chi connectivity index (χ1v) is 7.57. The molecule has 122 valence electrons. The molecule has 1 heterocycles. The van der Waals surface area contributed by atoms with E-state index in [4.69, 9.17) is 10.5 Å². The summed E-state index contributed by atoms with van der Waals surface area (Å²) in [4.78, 5) is 4.66. The maximum absolute atomic E-state index is 9.38. The number of fused-ring (bicyclic) bond motifs is 1. The first-order valence-electron chi connectivity index (χ1n) is 7.57. The van der Waals surface area contributed by atoms with Crippen molar-refractivity contribution in [2.24, 2.45) is 5.10 Å². The van der Waals surface area contributed by atoms with Gasteiger partial charge in [0.05, 0.1) is 23.3 Å². The Hall–Kier alpha value is -3.68. The molecular weight excluding hydrogens is 316 g/mol. The monoisotopic (exact) mass is 330 g/mol. The van der Waals surface area contributed by atoms with E-state index >= 15 is 0 Å². The maximum atomic E-state index is 9.38. The number of aliphatic hydroxyl groups is 1. The van der Waals surface area contributed by atoms with Crippen LogP contribution < -0.4 is 5.43 Å². The molecule has 2 aromatic carbocycles. The van der Waals surface area contributed by atoms with Crippen molar-refractivity contribution in [1.29, 1.82) is 10.5 Å². The highest BCUT2D eigenvalue weighted by Crippen LogP contribution is 2.26. The zero-order valence-electron chi connectivity index (χ0n) is 13.2. The Morgan fingerprint density at radius 1 is 1.16 bits per heavy atom. The van der Waals surface area contributed by atoms with Crippen molar-refractivity contribution in [3.8, 4) is 23.5 Å². The van der Waals surface area contributed by atoms with Crippen LogP contribution in [0.2, 0.25) is 0 Å². The van der Waals surface area contributed by atoms with Crippen molar-refractivity contribution in [1.82, 2.24) is 9.55 Å². The molecule has 7 heteroatoms. The number of hydrogen-bond acceptors (Lipinski definition) is 6. The molecule has 0 atom stereocenters. The number of imidazole rings is 1. The van der Waals surface area contributed by atoms with Gasteiger partial charge in [0, 0.05) is 12.1 Å². The van der Waals surface area contributed by atoms with Crippen molar-refractivity contribution in [3.05, 3.63) is 48.5 Å². The maximum Gasteiger partial charge on any atom is 0.237 e. The van der Waals surface area contributed by atoms with Crippen LogP contribution in [0.1, 0.15) is 0 Å². The summed E-state index contributed by atoms with van der Waals surface area (Å²) in [5.41, 5.74) is 5.60. The summed E-state index contributed by atoms with van der Waals surface area (Å²) >= 11 is 0. The molecule has 0 aliphatic heterocycles. The zero-order valence-corrected chi connectivity index (χ0v) is 13.2. The van der Waals surface area contributed by atoms with Crippen LogP contribution in [0.3, 0.4) is 0 Å². The Labute approximate surface area is 144 Å². The number of aliphatic hydroxyl groups excluding tert-OH is 1. The van der Waals surface area contributed by atoms with E-state index < -0.39 is 0 Å². The van der Waals surface area contributed by atoms with Gasteiger partial charge in [-0.25, -0.2) is 4.98 Å². The molecule has 25 heavy (non-hydrogen) atoms. The minimum absolute atomic E-state index is 0.00326. The Morgan fingerprint density at radius 2 is 1.92 bits per heavy atom. The summed E-state index contributed by atoms with van der Waals surface area (Å²) in [6, 6.07) is 18.5. The lowest BCUT2D eigenvalue weighted by Crippen LogP contribution is -2.04.